The van der Waals surface area contributed by atoms with E-state index in [2.05, 4.69) is 26.1 Å². The van der Waals surface area contributed by atoms with E-state index in [1.807, 2.05) is 0 Å². The Morgan fingerprint density at radius 1 is 1.33 bits per heavy atom. The molecule has 2 aromatic heterocycles. The first-order chi connectivity index (χ1) is 11.6. The topological polar surface area (TPSA) is 72.4 Å². The molecular formula is C16H11BrClN3O3. The highest BCUT2D eigenvalue weighted by atomic mass is 79.9. The van der Waals surface area contributed by atoms with Crippen LogP contribution in [0.15, 0.2) is 50.0 Å². The summed E-state index contributed by atoms with van der Waals surface area (Å²) in [5, 5.41) is 4.34. The number of halogens is 2. The molecule has 0 atom stereocenters. The molecule has 1 aliphatic rings. The van der Waals surface area contributed by atoms with Gasteiger partial charge < -0.3 is 13.8 Å². The summed E-state index contributed by atoms with van der Waals surface area (Å²) in [6, 6.07) is 8.74. The molecule has 0 N–H and O–H groups in total. The van der Waals surface area contributed by atoms with Gasteiger partial charge in [0.05, 0.1) is 22.8 Å². The molecule has 0 spiro atoms. The Kier molecular flexibility index (Phi) is 3.90. The van der Waals surface area contributed by atoms with Crippen LogP contribution in [-0.2, 0) is 0 Å². The summed E-state index contributed by atoms with van der Waals surface area (Å²) in [6.07, 6.45) is 1.55. The van der Waals surface area contributed by atoms with Gasteiger partial charge in [0.1, 0.15) is 0 Å². The average molecular weight is 409 g/mol. The lowest BCUT2D eigenvalue weighted by molar-refractivity contribution is 0.0569. The average Bonchev–Trinajstić information content (AvgIpc) is 3.18. The normalized spacial score (nSPS) is 14.7. The zero-order valence-electron chi connectivity index (χ0n) is 12.3. The van der Waals surface area contributed by atoms with E-state index in [4.69, 9.17) is 20.5 Å². The van der Waals surface area contributed by atoms with Crippen molar-refractivity contribution in [3.63, 3.8) is 0 Å². The van der Waals surface area contributed by atoms with Crippen molar-refractivity contribution >= 4 is 33.4 Å². The van der Waals surface area contributed by atoms with Crippen LogP contribution in [0.4, 0.5) is 0 Å². The van der Waals surface area contributed by atoms with Crippen LogP contribution in [0.25, 0.3) is 11.6 Å². The smallest absolute Gasteiger partial charge is 0.255 e. The van der Waals surface area contributed by atoms with Gasteiger partial charge in [0.2, 0.25) is 11.7 Å². The minimum absolute atomic E-state index is 0.0242. The quantitative estimate of drug-likeness (QED) is 0.655. The fourth-order valence-electron chi connectivity index (χ4n) is 2.54. The fraction of sp³-hybridized carbons (Fsp3) is 0.188. The highest BCUT2D eigenvalue weighted by Crippen LogP contribution is 2.31. The summed E-state index contributed by atoms with van der Waals surface area (Å²) in [4.78, 5) is 18.5. The third kappa shape index (κ3) is 2.74. The van der Waals surface area contributed by atoms with Gasteiger partial charge in [-0.2, -0.15) is 4.98 Å². The number of hydrogen-bond acceptors (Lipinski definition) is 5. The van der Waals surface area contributed by atoms with Crippen molar-refractivity contribution in [1.29, 1.82) is 0 Å². The highest BCUT2D eigenvalue weighted by Gasteiger charge is 2.36. The van der Waals surface area contributed by atoms with Crippen LogP contribution < -0.4 is 0 Å². The lowest BCUT2D eigenvalue weighted by Crippen LogP contribution is -2.48. The van der Waals surface area contributed by atoms with Crippen LogP contribution in [0, 0.1) is 0 Å². The number of furan rings is 1. The van der Waals surface area contributed by atoms with Gasteiger partial charge in [-0.25, -0.2) is 0 Å². The van der Waals surface area contributed by atoms with Crippen molar-refractivity contribution in [3.05, 3.63) is 57.5 Å². The maximum absolute atomic E-state index is 12.5. The second kappa shape index (κ2) is 6.07. The van der Waals surface area contributed by atoms with Gasteiger partial charge in [0.15, 0.2) is 5.76 Å². The molecule has 0 radical (unpaired) electrons. The monoisotopic (exact) mass is 407 g/mol. The van der Waals surface area contributed by atoms with Gasteiger partial charge in [0.25, 0.3) is 5.91 Å². The van der Waals surface area contributed by atoms with Gasteiger partial charge in [-0.3, -0.25) is 4.79 Å². The summed E-state index contributed by atoms with van der Waals surface area (Å²) in [5.41, 5.74) is 0.478. The highest BCUT2D eigenvalue weighted by molar-refractivity contribution is 9.10. The molecule has 3 aromatic rings. The standard InChI is InChI=1S/C16H11BrClN3O3/c17-10-3-4-12(18)11(6-10)16(22)21-7-9(8-21)15-19-14(20-24-15)13-2-1-5-23-13/h1-6,9H,7-8H2. The molecule has 1 aliphatic heterocycles. The minimum atomic E-state index is -0.108. The molecule has 0 bridgehead atoms. The third-order valence-electron chi connectivity index (χ3n) is 3.86. The van der Waals surface area contributed by atoms with Crippen LogP contribution in [-0.4, -0.2) is 34.0 Å². The Labute approximate surface area is 150 Å². The van der Waals surface area contributed by atoms with E-state index < -0.39 is 0 Å². The Hall–Kier alpha value is -2.12. The molecule has 6 nitrogen and oxygen atoms in total. The van der Waals surface area contributed by atoms with Crippen LogP contribution >= 0.6 is 27.5 Å². The maximum Gasteiger partial charge on any atom is 0.255 e. The summed E-state index contributed by atoms with van der Waals surface area (Å²) in [5.74, 6) is 1.39. The number of hydrogen-bond donors (Lipinski definition) is 0. The molecule has 0 saturated carbocycles. The van der Waals surface area contributed by atoms with Crippen molar-refractivity contribution in [2.24, 2.45) is 0 Å². The number of rotatable bonds is 3. The Morgan fingerprint density at radius 2 is 2.17 bits per heavy atom. The first kappa shape index (κ1) is 15.4. The Balaban J connectivity index is 1.45. The molecule has 1 saturated heterocycles. The zero-order chi connectivity index (χ0) is 16.7. The molecule has 1 aromatic carbocycles. The van der Waals surface area contributed by atoms with Crippen LogP contribution in [0.1, 0.15) is 22.2 Å². The van der Waals surface area contributed by atoms with Gasteiger partial charge in [-0.15, -0.1) is 0 Å². The van der Waals surface area contributed by atoms with Crippen molar-refractivity contribution in [3.8, 4) is 11.6 Å². The molecule has 122 valence electrons. The van der Waals surface area contributed by atoms with E-state index in [0.29, 0.717) is 41.2 Å². The molecule has 24 heavy (non-hydrogen) atoms. The first-order valence-electron chi connectivity index (χ1n) is 7.23. The predicted octanol–water partition coefficient (Wildman–Crippen LogP) is 3.99. The second-order valence-corrected chi connectivity index (χ2v) is 6.79. The third-order valence-corrected chi connectivity index (χ3v) is 4.68. The number of carbonyl (C=O) groups excluding carboxylic acids is 1. The minimum Gasteiger partial charge on any atom is -0.461 e. The molecule has 0 aliphatic carbocycles. The van der Waals surface area contributed by atoms with Crippen molar-refractivity contribution < 1.29 is 13.7 Å². The molecular weight excluding hydrogens is 398 g/mol. The fourth-order valence-corrected chi connectivity index (χ4v) is 3.10. The number of carbonyl (C=O) groups is 1. The molecule has 0 unspecified atom stereocenters. The summed E-state index contributed by atoms with van der Waals surface area (Å²) >= 11 is 9.46. The van der Waals surface area contributed by atoms with Gasteiger partial charge in [-0.05, 0) is 30.3 Å². The summed E-state index contributed by atoms with van der Waals surface area (Å²) < 4.78 is 11.3. The number of benzene rings is 1. The molecule has 8 heteroatoms. The van der Waals surface area contributed by atoms with E-state index in [1.165, 1.54) is 0 Å². The summed E-state index contributed by atoms with van der Waals surface area (Å²) in [7, 11) is 0. The van der Waals surface area contributed by atoms with Gasteiger partial charge in [-0.1, -0.05) is 32.7 Å². The van der Waals surface area contributed by atoms with E-state index in [0.717, 1.165) is 4.47 Å². The number of amides is 1. The SMILES string of the molecule is O=C(c1cc(Br)ccc1Cl)N1CC(c2nc(-c3ccco3)no2)C1. The number of likely N-dealkylation sites (tertiary alicyclic amines) is 1. The van der Waals surface area contributed by atoms with Gasteiger partial charge >= 0.3 is 0 Å². The predicted molar refractivity (Wildman–Crippen MR) is 89.8 cm³/mol. The van der Waals surface area contributed by atoms with E-state index >= 15 is 0 Å². The summed E-state index contributed by atoms with van der Waals surface area (Å²) in [6.45, 7) is 1.03. The molecule has 1 amide bonds. The molecule has 1 fully saturated rings. The van der Waals surface area contributed by atoms with E-state index in [1.54, 1.807) is 41.5 Å². The van der Waals surface area contributed by atoms with Crippen LogP contribution in [0.5, 0.6) is 0 Å². The maximum atomic E-state index is 12.5. The molecule has 4 rings (SSSR count). The number of aromatic nitrogens is 2. The second-order valence-electron chi connectivity index (χ2n) is 5.46. The van der Waals surface area contributed by atoms with E-state index in [-0.39, 0.29) is 11.8 Å². The Bertz CT molecular complexity index is 888. The van der Waals surface area contributed by atoms with Crippen molar-refractivity contribution in [1.82, 2.24) is 15.0 Å². The zero-order valence-corrected chi connectivity index (χ0v) is 14.6. The number of nitrogens with zero attached hydrogens (tertiary/aromatic N) is 3. The van der Waals surface area contributed by atoms with Crippen molar-refractivity contribution in [2.45, 2.75) is 5.92 Å². The van der Waals surface area contributed by atoms with Crippen LogP contribution in [0.2, 0.25) is 5.02 Å². The van der Waals surface area contributed by atoms with Crippen molar-refractivity contribution in [2.75, 3.05) is 13.1 Å². The van der Waals surface area contributed by atoms with Gasteiger partial charge in [0, 0.05) is 17.6 Å². The molecule has 3 heterocycles. The largest absolute Gasteiger partial charge is 0.461 e. The lowest BCUT2D eigenvalue weighted by Gasteiger charge is -2.37. The first-order valence-corrected chi connectivity index (χ1v) is 8.41. The van der Waals surface area contributed by atoms with E-state index in [9.17, 15) is 4.79 Å². The lowest BCUT2D eigenvalue weighted by atomic mass is 9.99. The Morgan fingerprint density at radius 3 is 2.92 bits per heavy atom. The van der Waals surface area contributed by atoms with Crippen LogP contribution in [0.3, 0.4) is 0 Å².